The maximum atomic E-state index is 13.1. The summed E-state index contributed by atoms with van der Waals surface area (Å²) in [5.74, 6) is -2.87. The second-order valence-electron chi connectivity index (χ2n) is 4.46. The van der Waals surface area contributed by atoms with E-state index < -0.39 is 17.6 Å². The van der Waals surface area contributed by atoms with Crippen molar-refractivity contribution >= 4 is 11.7 Å². The summed E-state index contributed by atoms with van der Waals surface area (Å²) in [4.78, 5) is 11.1. The molecule has 0 aliphatic carbocycles. The normalized spacial score (nSPS) is 10.3. The molecule has 2 aromatic rings. The van der Waals surface area contributed by atoms with Gasteiger partial charge in [0, 0.05) is 12.2 Å². The fraction of sp³-hybridized carbons (Fsp3) is 0.133. The molecule has 2 aromatic carbocycles. The van der Waals surface area contributed by atoms with E-state index in [9.17, 15) is 13.6 Å². The SMILES string of the molecule is Cc1ccc(C(=O)O)c(NCc2ccc(F)c(F)c2)c1. The van der Waals surface area contributed by atoms with E-state index in [2.05, 4.69) is 5.32 Å². The van der Waals surface area contributed by atoms with Crippen LogP contribution in [0.1, 0.15) is 21.5 Å². The van der Waals surface area contributed by atoms with Crippen LogP contribution in [0.2, 0.25) is 0 Å². The zero-order chi connectivity index (χ0) is 14.7. The fourth-order valence-corrected chi connectivity index (χ4v) is 1.84. The van der Waals surface area contributed by atoms with Gasteiger partial charge in [0.15, 0.2) is 11.6 Å². The largest absolute Gasteiger partial charge is 0.478 e. The molecule has 20 heavy (non-hydrogen) atoms. The average Bonchev–Trinajstić information content (AvgIpc) is 2.40. The van der Waals surface area contributed by atoms with Crippen LogP contribution in [0.4, 0.5) is 14.5 Å². The van der Waals surface area contributed by atoms with Crippen LogP contribution < -0.4 is 5.32 Å². The third kappa shape index (κ3) is 3.12. The van der Waals surface area contributed by atoms with Gasteiger partial charge in [0.1, 0.15) is 0 Å². The Kier molecular flexibility index (Phi) is 3.98. The maximum absolute atomic E-state index is 13.1. The summed E-state index contributed by atoms with van der Waals surface area (Å²) in [6, 6.07) is 8.47. The van der Waals surface area contributed by atoms with Crippen molar-refractivity contribution in [3.05, 3.63) is 64.7 Å². The van der Waals surface area contributed by atoms with Crippen molar-refractivity contribution in [2.75, 3.05) is 5.32 Å². The molecule has 0 aliphatic rings. The van der Waals surface area contributed by atoms with E-state index >= 15 is 0 Å². The molecule has 0 spiro atoms. The summed E-state index contributed by atoms with van der Waals surface area (Å²) >= 11 is 0. The smallest absolute Gasteiger partial charge is 0.337 e. The van der Waals surface area contributed by atoms with Crippen LogP contribution >= 0.6 is 0 Å². The minimum absolute atomic E-state index is 0.137. The van der Waals surface area contributed by atoms with E-state index in [1.165, 1.54) is 12.1 Å². The minimum Gasteiger partial charge on any atom is -0.478 e. The molecule has 2 N–H and O–H groups in total. The van der Waals surface area contributed by atoms with Crippen LogP contribution in [0.15, 0.2) is 36.4 Å². The molecule has 0 fully saturated rings. The summed E-state index contributed by atoms with van der Waals surface area (Å²) in [5.41, 5.74) is 2.02. The monoisotopic (exact) mass is 277 g/mol. The Morgan fingerprint density at radius 2 is 1.90 bits per heavy atom. The number of benzene rings is 2. The van der Waals surface area contributed by atoms with Gasteiger partial charge in [-0.05, 0) is 42.3 Å². The molecule has 0 atom stereocenters. The molecule has 0 aromatic heterocycles. The molecule has 0 amide bonds. The highest BCUT2D eigenvalue weighted by molar-refractivity contribution is 5.94. The highest BCUT2D eigenvalue weighted by atomic mass is 19.2. The molecular weight excluding hydrogens is 264 g/mol. The molecule has 3 nitrogen and oxygen atoms in total. The first kappa shape index (κ1) is 14.0. The molecular formula is C15H13F2NO2. The molecule has 0 bridgehead atoms. The summed E-state index contributed by atoms with van der Waals surface area (Å²) < 4.78 is 25.9. The van der Waals surface area contributed by atoms with E-state index in [1.807, 2.05) is 6.92 Å². The fourth-order valence-electron chi connectivity index (χ4n) is 1.84. The lowest BCUT2D eigenvalue weighted by Crippen LogP contribution is -2.07. The minimum atomic E-state index is -1.04. The Labute approximate surface area is 114 Å². The Balaban J connectivity index is 2.20. The lowest BCUT2D eigenvalue weighted by Gasteiger charge is -2.11. The molecule has 0 aliphatic heterocycles. The number of nitrogens with one attached hydrogen (secondary N) is 1. The van der Waals surface area contributed by atoms with E-state index in [4.69, 9.17) is 5.11 Å². The number of anilines is 1. The van der Waals surface area contributed by atoms with Crippen LogP contribution in [0, 0.1) is 18.6 Å². The lowest BCUT2D eigenvalue weighted by atomic mass is 10.1. The van der Waals surface area contributed by atoms with Gasteiger partial charge in [-0.1, -0.05) is 12.1 Å². The molecule has 0 saturated heterocycles. The number of carboxylic acids is 1. The summed E-state index contributed by atoms with van der Waals surface area (Å²) in [6.07, 6.45) is 0. The quantitative estimate of drug-likeness (QED) is 0.898. The van der Waals surface area contributed by atoms with Crippen LogP contribution in [0.25, 0.3) is 0 Å². The number of hydrogen-bond donors (Lipinski definition) is 2. The summed E-state index contributed by atoms with van der Waals surface area (Å²) in [5, 5.41) is 12.0. The van der Waals surface area contributed by atoms with Crippen LogP contribution in [0.5, 0.6) is 0 Å². The number of rotatable bonds is 4. The molecule has 0 heterocycles. The van der Waals surface area contributed by atoms with E-state index in [0.717, 1.165) is 17.7 Å². The van der Waals surface area contributed by atoms with Gasteiger partial charge in [0.05, 0.1) is 5.56 Å². The number of aryl methyl sites for hydroxylation is 1. The third-order valence-corrected chi connectivity index (χ3v) is 2.87. The number of carboxylic acid groups (broad SMARTS) is 1. The number of carbonyl (C=O) groups is 1. The van der Waals surface area contributed by atoms with E-state index in [-0.39, 0.29) is 12.1 Å². The van der Waals surface area contributed by atoms with Crippen LogP contribution in [-0.4, -0.2) is 11.1 Å². The predicted molar refractivity (Wildman–Crippen MR) is 71.8 cm³/mol. The van der Waals surface area contributed by atoms with Crippen LogP contribution in [-0.2, 0) is 6.54 Å². The van der Waals surface area contributed by atoms with Crippen molar-refractivity contribution < 1.29 is 18.7 Å². The standard InChI is InChI=1S/C15H13F2NO2/c1-9-2-4-11(15(19)20)14(6-9)18-8-10-3-5-12(16)13(17)7-10/h2-7,18H,8H2,1H3,(H,19,20). The third-order valence-electron chi connectivity index (χ3n) is 2.87. The maximum Gasteiger partial charge on any atom is 0.337 e. The van der Waals surface area contributed by atoms with Gasteiger partial charge in [-0.3, -0.25) is 0 Å². The second kappa shape index (κ2) is 5.69. The number of hydrogen-bond acceptors (Lipinski definition) is 2. The van der Waals surface area contributed by atoms with Crippen molar-refractivity contribution in [1.82, 2.24) is 0 Å². The predicted octanol–water partition coefficient (Wildman–Crippen LogP) is 3.58. The van der Waals surface area contributed by atoms with Gasteiger partial charge >= 0.3 is 5.97 Å². The zero-order valence-corrected chi connectivity index (χ0v) is 10.8. The highest BCUT2D eigenvalue weighted by Crippen LogP contribution is 2.19. The van der Waals surface area contributed by atoms with Gasteiger partial charge in [-0.15, -0.1) is 0 Å². The van der Waals surface area contributed by atoms with Crippen LogP contribution in [0.3, 0.4) is 0 Å². The molecule has 5 heteroatoms. The number of aromatic carboxylic acids is 1. The topological polar surface area (TPSA) is 49.3 Å². The Morgan fingerprint density at radius 1 is 1.15 bits per heavy atom. The lowest BCUT2D eigenvalue weighted by molar-refractivity contribution is 0.0698. The summed E-state index contributed by atoms with van der Waals surface area (Å²) in [7, 11) is 0. The second-order valence-corrected chi connectivity index (χ2v) is 4.46. The van der Waals surface area contributed by atoms with Crippen molar-refractivity contribution in [2.45, 2.75) is 13.5 Å². The van der Waals surface area contributed by atoms with Crippen molar-refractivity contribution in [3.8, 4) is 0 Å². The van der Waals surface area contributed by atoms with Crippen molar-refractivity contribution in [3.63, 3.8) is 0 Å². The summed E-state index contributed by atoms with van der Waals surface area (Å²) in [6.45, 7) is 2.05. The first-order chi connectivity index (χ1) is 9.47. The van der Waals surface area contributed by atoms with E-state index in [1.54, 1.807) is 12.1 Å². The molecule has 0 unspecified atom stereocenters. The Bertz CT molecular complexity index is 656. The van der Waals surface area contributed by atoms with Crippen molar-refractivity contribution in [1.29, 1.82) is 0 Å². The van der Waals surface area contributed by atoms with E-state index in [0.29, 0.717) is 11.3 Å². The molecule has 0 saturated carbocycles. The van der Waals surface area contributed by atoms with Gasteiger partial charge in [0.2, 0.25) is 0 Å². The molecule has 0 radical (unpaired) electrons. The first-order valence-corrected chi connectivity index (χ1v) is 5.99. The Hall–Kier alpha value is -2.43. The van der Waals surface area contributed by atoms with Gasteiger partial charge in [-0.2, -0.15) is 0 Å². The average molecular weight is 277 g/mol. The van der Waals surface area contributed by atoms with Gasteiger partial charge in [0.25, 0.3) is 0 Å². The number of halogens is 2. The molecule has 104 valence electrons. The first-order valence-electron chi connectivity index (χ1n) is 5.99. The van der Waals surface area contributed by atoms with Gasteiger partial charge in [-0.25, -0.2) is 13.6 Å². The zero-order valence-electron chi connectivity index (χ0n) is 10.8. The molecule has 2 rings (SSSR count). The van der Waals surface area contributed by atoms with Gasteiger partial charge < -0.3 is 10.4 Å². The van der Waals surface area contributed by atoms with Crippen molar-refractivity contribution in [2.24, 2.45) is 0 Å². The highest BCUT2D eigenvalue weighted by Gasteiger charge is 2.10. The Morgan fingerprint density at radius 3 is 2.55 bits per heavy atom.